The number of carbonyl (C=O) groups is 2. The molecular weight excluding hydrogens is 702 g/mol. The van der Waals surface area contributed by atoms with Crippen molar-refractivity contribution in [1.29, 1.82) is 0 Å². The fourth-order valence-corrected chi connectivity index (χ4v) is 6.88. The second-order valence-electron chi connectivity index (χ2n) is 10.9. The smallest absolute Gasteiger partial charge is 0.264 e. The van der Waals surface area contributed by atoms with Crippen LogP contribution in [0.3, 0.4) is 0 Å². The van der Waals surface area contributed by atoms with Crippen LogP contribution in [0.25, 0.3) is 0 Å². The van der Waals surface area contributed by atoms with E-state index in [-0.39, 0.29) is 29.5 Å². The molecule has 0 unspecified atom stereocenters. The van der Waals surface area contributed by atoms with E-state index in [4.69, 9.17) is 16.3 Å². The number of rotatable bonds is 16. The monoisotopic (exact) mass is 739 g/mol. The molecule has 1 N–H and O–H groups in total. The topological polar surface area (TPSA) is 96.0 Å². The van der Waals surface area contributed by atoms with Crippen LogP contribution in [0.1, 0.15) is 37.8 Å². The van der Waals surface area contributed by atoms with Crippen molar-refractivity contribution in [3.63, 3.8) is 0 Å². The maximum atomic E-state index is 14.6. The van der Waals surface area contributed by atoms with Crippen molar-refractivity contribution in [3.05, 3.63) is 124 Å². The average molecular weight is 741 g/mol. The van der Waals surface area contributed by atoms with Gasteiger partial charge in [-0.25, -0.2) is 8.42 Å². The van der Waals surface area contributed by atoms with Gasteiger partial charge in [-0.05, 0) is 79.1 Å². The molecule has 0 saturated heterocycles. The molecule has 0 aliphatic rings. The van der Waals surface area contributed by atoms with Gasteiger partial charge in [-0.15, -0.1) is 0 Å². The van der Waals surface area contributed by atoms with Crippen molar-refractivity contribution in [2.45, 2.75) is 50.6 Å². The summed E-state index contributed by atoms with van der Waals surface area (Å²) in [5.41, 5.74) is 1.76. The van der Waals surface area contributed by atoms with Crippen LogP contribution < -0.4 is 14.4 Å². The van der Waals surface area contributed by atoms with E-state index in [9.17, 15) is 18.0 Å². The highest BCUT2D eigenvalue weighted by Crippen LogP contribution is 2.28. The zero-order chi connectivity index (χ0) is 33.8. The summed E-state index contributed by atoms with van der Waals surface area (Å²) in [5, 5.41) is 3.42. The number of carbonyl (C=O) groups excluding carboxylic acids is 2. The number of unbranched alkanes of at least 4 members (excludes halogenated alkanes) is 1. The van der Waals surface area contributed by atoms with Crippen LogP contribution in [-0.4, -0.2) is 50.9 Å². The van der Waals surface area contributed by atoms with Gasteiger partial charge in [-0.2, -0.15) is 0 Å². The van der Waals surface area contributed by atoms with Crippen molar-refractivity contribution in [1.82, 2.24) is 10.2 Å². The number of halogens is 2. The fraction of sp³-hybridized carbons (Fsp3) is 0.278. The number of benzene rings is 4. The molecular formula is C36H39BrClN3O5S. The van der Waals surface area contributed by atoms with Crippen LogP contribution in [0.5, 0.6) is 5.75 Å². The number of hydrogen-bond donors (Lipinski definition) is 1. The van der Waals surface area contributed by atoms with Gasteiger partial charge in [-0.3, -0.25) is 13.9 Å². The fourth-order valence-electron chi connectivity index (χ4n) is 5.01. The molecule has 2 amide bonds. The second-order valence-corrected chi connectivity index (χ2v) is 14.0. The van der Waals surface area contributed by atoms with E-state index in [0.29, 0.717) is 34.0 Å². The lowest BCUT2D eigenvalue weighted by Gasteiger charge is -2.34. The minimum Gasteiger partial charge on any atom is -0.494 e. The number of sulfonamides is 1. The Kier molecular flexibility index (Phi) is 13.3. The van der Waals surface area contributed by atoms with E-state index < -0.39 is 28.5 Å². The molecule has 0 aliphatic heterocycles. The first kappa shape index (κ1) is 36.0. The summed E-state index contributed by atoms with van der Waals surface area (Å²) >= 11 is 9.93. The molecule has 4 aromatic rings. The Morgan fingerprint density at radius 3 is 2.19 bits per heavy atom. The van der Waals surface area contributed by atoms with Crippen molar-refractivity contribution in [2.75, 3.05) is 24.0 Å². The summed E-state index contributed by atoms with van der Waals surface area (Å²) in [4.78, 5) is 29.9. The molecule has 11 heteroatoms. The van der Waals surface area contributed by atoms with Gasteiger partial charge in [0.1, 0.15) is 18.3 Å². The third-order valence-corrected chi connectivity index (χ3v) is 10.2. The number of nitrogens with zero attached hydrogens (tertiary/aromatic N) is 2. The highest BCUT2D eigenvalue weighted by atomic mass is 79.9. The predicted molar refractivity (Wildman–Crippen MR) is 190 cm³/mol. The Labute approximate surface area is 290 Å². The number of hydrogen-bond acceptors (Lipinski definition) is 5. The maximum absolute atomic E-state index is 14.6. The lowest BCUT2D eigenvalue weighted by atomic mass is 10.0. The van der Waals surface area contributed by atoms with Crippen LogP contribution in [0, 0.1) is 0 Å². The number of amides is 2. The van der Waals surface area contributed by atoms with Crippen molar-refractivity contribution in [3.8, 4) is 5.75 Å². The van der Waals surface area contributed by atoms with Gasteiger partial charge in [0, 0.05) is 29.0 Å². The van der Waals surface area contributed by atoms with Gasteiger partial charge < -0.3 is 15.0 Å². The highest BCUT2D eigenvalue weighted by Gasteiger charge is 2.35. The molecule has 0 heterocycles. The standard InChI is InChI=1S/C36H39BrClN3O5S/c1-3-5-23-39-36(43)34(24-27-11-7-6-8-12-27)40(25-28-13-9-10-14-33(28)38)35(42)26-41(30-17-19-31(20-18-30)46-4-2)47(44,45)32-21-15-29(37)16-22-32/h6-22,34H,3-5,23-26H2,1-2H3,(H,39,43)/t34-/m1/s1. The molecule has 4 rings (SSSR count). The lowest BCUT2D eigenvalue weighted by molar-refractivity contribution is -0.140. The Hall–Kier alpha value is -3.86. The van der Waals surface area contributed by atoms with Crippen LogP contribution in [0.4, 0.5) is 5.69 Å². The minimum absolute atomic E-state index is 0.00729. The maximum Gasteiger partial charge on any atom is 0.264 e. The normalized spacial score (nSPS) is 11.8. The zero-order valence-corrected chi connectivity index (χ0v) is 29.6. The lowest BCUT2D eigenvalue weighted by Crippen LogP contribution is -2.53. The number of ether oxygens (including phenoxy) is 1. The number of anilines is 1. The SMILES string of the molecule is CCCCNC(=O)[C@@H](Cc1ccccc1)N(Cc1ccccc1Cl)C(=O)CN(c1ccc(OCC)cc1)S(=O)(=O)c1ccc(Br)cc1. The summed E-state index contributed by atoms with van der Waals surface area (Å²) in [7, 11) is -4.23. The Morgan fingerprint density at radius 1 is 0.894 bits per heavy atom. The first-order valence-electron chi connectivity index (χ1n) is 15.5. The summed E-state index contributed by atoms with van der Waals surface area (Å²) in [6, 6.07) is 28.3. The third kappa shape index (κ3) is 9.82. The third-order valence-electron chi connectivity index (χ3n) is 7.52. The first-order valence-corrected chi connectivity index (χ1v) is 18.1. The quantitative estimate of drug-likeness (QED) is 0.122. The van der Waals surface area contributed by atoms with Crippen molar-refractivity contribution < 1.29 is 22.7 Å². The Balaban J connectivity index is 1.80. The molecule has 0 bridgehead atoms. The second kappa shape index (κ2) is 17.3. The van der Waals surface area contributed by atoms with Crippen LogP contribution in [0.2, 0.25) is 5.02 Å². The summed E-state index contributed by atoms with van der Waals surface area (Å²) in [6.07, 6.45) is 1.88. The summed E-state index contributed by atoms with van der Waals surface area (Å²) in [5.74, 6) is -0.326. The Morgan fingerprint density at radius 2 is 1.55 bits per heavy atom. The molecule has 0 spiro atoms. The van der Waals surface area contributed by atoms with Gasteiger partial charge in [0.15, 0.2) is 0 Å². The van der Waals surface area contributed by atoms with Gasteiger partial charge in [-0.1, -0.05) is 89.4 Å². The molecule has 4 aromatic carbocycles. The largest absolute Gasteiger partial charge is 0.494 e. The molecule has 0 aromatic heterocycles. The van der Waals surface area contributed by atoms with Crippen molar-refractivity contribution >= 4 is 55.1 Å². The molecule has 8 nitrogen and oxygen atoms in total. The van der Waals surface area contributed by atoms with E-state index in [0.717, 1.165) is 22.7 Å². The van der Waals surface area contributed by atoms with E-state index in [1.165, 1.54) is 17.0 Å². The van der Waals surface area contributed by atoms with Crippen LogP contribution in [-0.2, 0) is 32.6 Å². The molecule has 0 radical (unpaired) electrons. The van der Waals surface area contributed by atoms with Gasteiger partial charge >= 0.3 is 0 Å². The van der Waals surface area contributed by atoms with Crippen LogP contribution in [0.15, 0.2) is 112 Å². The van der Waals surface area contributed by atoms with E-state index in [1.54, 1.807) is 54.6 Å². The molecule has 0 aliphatic carbocycles. The minimum atomic E-state index is -4.23. The van der Waals surface area contributed by atoms with Crippen molar-refractivity contribution in [2.24, 2.45) is 0 Å². The van der Waals surface area contributed by atoms with E-state index in [2.05, 4.69) is 21.2 Å². The molecule has 1 atom stereocenters. The summed E-state index contributed by atoms with van der Waals surface area (Å²) in [6.45, 7) is 4.21. The van der Waals surface area contributed by atoms with E-state index >= 15 is 0 Å². The molecule has 0 fully saturated rings. The predicted octanol–water partition coefficient (Wildman–Crippen LogP) is 7.25. The Bertz CT molecular complexity index is 1720. The first-order chi connectivity index (χ1) is 22.6. The molecule has 0 saturated carbocycles. The van der Waals surface area contributed by atoms with Gasteiger partial charge in [0.2, 0.25) is 11.8 Å². The van der Waals surface area contributed by atoms with E-state index in [1.807, 2.05) is 50.2 Å². The number of nitrogens with one attached hydrogen (secondary N) is 1. The molecule has 47 heavy (non-hydrogen) atoms. The zero-order valence-electron chi connectivity index (χ0n) is 26.4. The van der Waals surface area contributed by atoms with Crippen LogP contribution >= 0.6 is 27.5 Å². The average Bonchev–Trinajstić information content (AvgIpc) is 3.07. The highest BCUT2D eigenvalue weighted by molar-refractivity contribution is 9.10. The van der Waals surface area contributed by atoms with Gasteiger partial charge in [0.05, 0.1) is 17.2 Å². The summed E-state index contributed by atoms with van der Waals surface area (Å²) < 4.78 is 35.8. The molecule has 248 valence electrons. The van der Waals surface area contributed by atoms with Gasteiger partial charge in [0.25, 0.3) is 10.0 Å².